The Morgan fingerprint density at radius 3 is 1.54 bits per heavy atom. The van der Waals surface area contributed by atoms with Crippen LogP contribution in [-0.4, -0.2) is 80.0 Å². The summed E-state index contributed by atoms with van der Waals surface area (Å²) in [5.74, 6) is -9.87. The summed E-state index contributed by atoms with van der Waals surface area (Å²) in [4.78, 5) is 81.4. The highest BCUT2D eigenvalue weighted by atomic mass is 16.6. The molecule has 2 aromatic rings. The molecule has 2 rings (SSSR count). The Morgan fingerprint density at radius 2 is 1.13 bits per heavy atom. The lowest BCUT2D eigenvalue weighted by atomic mass is 10.0. The largest absolute Gasteiger partial charge is 0.478 e. The minimum absolute atomic E-state index is 0.142. The highest BCUT2D eigenvalue weighted by Gasteiger charge is 2.24. The van der Waals surface area contributed by atoms with Gasteiger partial charge < -0.3 is 35.0 Å². The molecule has 2 aromatic carbocycles. The van der Waals surface area contributed by atoms with Gasteiger partial charge in [0.1, 0.15) is 12.7 Å². The van der Waals surface area contributed by atoms with Crippen molar-refractivity contribution >= 4 is 41.8 Å². The molecular formula is C25H20O14. The van der Waals surface area contributed by atoms with E-state index < -0.39 is 76.7 Å². The molecule has 0 saturated heterocycles. The lowest BCUT2D eigenvalue weighted by molar-refractivity contribution is -0.132. The molecule has 0 fully saturated rings. The predicted molar refractivity (Wildman–Crippen MR) is 126 cm³/mol. The maximum Gasteiger partial charge on any atom is 0.338 e. The third-order valence-corrected chi connectivity index (χ3v) is 5.13. The number of rotatable bonds is 12. The van der Waals surface area contributed by atoms with Crippen LogP contribution < -0.4 is 0 Å². The number of carbonyl (C=O) groups is 7. The van der Waals surface area contributed by atoms with E-state index in [1.165, 1.54) is 6.92 Å². The van der Waals surface area contributed by atoms with Crippen molar-refractivity contribution in [1.82, 2.24) is 0 Å². The number of benzene rings is 2. The SMILES string of the molecule is C/C(=C\CC(COC(=O)c1ccc(C(=O)O)c(C(=O)O)c1)OC(=O)c1ccc(C(=O)O)c(C(=O)O)c1)C(=O)O. The second kappa shape index (κ2) is 12.6. The van der Waals surface area contributed by atoms with Crippen LogP contribution in [-0.2, 0) is 14.3 Å². The summed E-state index contributed by atoms with van der Waals surface area (Å²) in [5, 5.41) is 45.7. The molecule has 1 atom stereocenters. The average molecular weight is 544 g/mol. The zero-order valence-electron chi connectivity index (χ0n) is 19.9. The quantitative estimate of drug-likeness (QED) is 0.190. The van der Waals surface area contributed by atoms with Crippen molar-refractivity contribution < 1.29 is 68.6 Å². The lowest BCUT2D eigenvalue weighted by Gasteiger charge is -2.17. The molecule has 5 N–H and O–H groups in total. The lowest BCUT2D eigenvalue weighted by Crippen LogP contribution is -2.26. The van der Waals surface area contributed by atoms with E-state index in [0.29, 0.717) is 0 Å². The zero-order chi connectivity index (χ0) is 29.4. The van der Waals surface area contributed by atoms with Crippen LogP contribution in [0.5, 0.6) is 0 Å². The van der Waals surface area contributed by atoms with Gasteiger partial charge in [-0.3, -0.25) is 0 Å². The Hall–Kier alpha value is -5.53. The Balaban J connectivity index is 2.29. The van der Waals surface area contributed by atoms with Crippen LogP contribution in [0.2, 0.25) is 0 Å². The molecule has 14 nitrogen and oxygen atoms in total. The van der Waals surface area contributed by atoms with E-state index in [2.05, 4.69) is 0 Å². The van der Waals surface area contributed by atoms with Crippen molar-refractivity contribution in [1.29, 1.82) is 0 Å². The van der Waals surface area contributed by atoms with Gasteiger partial charge in [-0.05, 0) is 43.3 Å². The van der Waals surface area contributed by atoms with Crippen LogP contribution in [0.3, 0.4) is 0 Å². The zero-order valence-corrected chi connectivity index (χ0v) is 19.9. The van der Waals surface area contributed by atoms with Crippen molar-refractivity contribution in [3.8, 4) is 0 Å². The maximum atomic E-state index is 12.7. The van der Waals surface area contributed by atoms with Crippen molar-refractivity contribution in [2.45, 2.75) is 19.4 Å². The number of carboxylic acid groups (broad SMARTS) is 5. The standard InChI is InChI=1S/C25H20O14/c1-11(19(26)27)2-5-14(39-25(37)13-4-7-16(21(30)31)18(9-13)23(34)35)10-38-24(36)12-3-6-15(20(28)29)17(8-12)22(32)33/h2-4,6-9,14H,5,10H2,1H3,(H,26,27)(H,28,29)(H,30,31)(H,32,33)(H,34,35)/b11-2+. The Kier molecular flexibility index (Phi) is 9.61. The molecule has 14 heteroatoms. The first-order chi connectivity index (χ1) is 18.2. The average Bonchev–Trinajstić information content (AvgIpc) is 2.88. The summed E-state index contributed by atoms with van der Waals surface area (Å²) in [7, 11) is 0. The first-order valence-electron chi connectivity index (χ1n) is 10.7. The molecule has 0 amide bonds. The minimum Gasteiger partial charge on any atom is -0.478 e. The molecule has 204 valence electrons. The Labute approximate surface area is 218 Å². The number of esters is 2. The topological polar surface area (TPSA) is 239 Å². The van der Waals surface area contributed by atoms with Crippen LogP contribution in [0, 0.1) is 0 Å². The van der Waals surface area contributed by atoms with Gasteiger partial charge in [-0.25, -0.2) is 33.6 Å². The summed E-state index contributed by atoms with van der Waals surface area (Å²) < 4.78 is 10.3. The van der Waals surface area contributed by atoms with E-state index in [-0.39, 0.29) is 23.1 Å². The molecule has 1 unspecified atom stereocenters. The van der Waals surface area contributed by atoms with Gasteiger partial charge in [0.2, 0.25) is 0 Å². The molecule has 39 heavy (non-hydrogen) atoms. The van der Waals surface area contributed by atoms with E-state index >= 15 is 0 Å². The van der Waals surface area contributed by atoms with Gasteiger partial charge in [-0.2, -0.15) is 0 Å². The molecule has 0 aromatic heterocycles. The molecule has 0 radical (unpaired) electrons. The maximum absolute atomic E-state index is 12.7. The van der Waals surface area contributed by atoms with Crippen LogP contribution in [0.25, 0.3) is 0 Å². The summed E-state index contributed by atoms with van der Waals surface area (Å²) in [6.45, 7) is 0.574. The Bertz CT molecular complexity index is 1400. The smallest absolute Gasteiger partial charge is 0.338 e. The molecule has 0 aliphatic heterocycles. The van der Waals surface area contributed by atoms with Crippen LogP contribution in [0.4, 0.5) is 0 Å². The number of hydrogen-bond donors (Lipinski definition) is 5. The van der Waals surface area contributed by atoms with Crippen LogP contribution >= 0.6 is 0 Å². The second-order valence-corrected chi connectivity index (χ2v) is 7.80. The van der Waals surface area contributed by atoms with Gasteiger partial charge in [0.25, 0.3) is 0 Å². The third-order valence-electron chi connectivity index (χ3n) is 5.13. The summed E-state index contributed by atoms with van der Waals surface area (Å²) in [6, 6.07) is 5.32. The summed E-state index contributed by atoms with van der Waals surface area (Å²) in [6.07, 6.45) is -0.441. The minimum atomic E-state index is -1.62. The van der Waals surface area contributed by atoms with Gasteiger partial charge in [0.05, 0.1) is 33.4 Å². The summed E-state index contributed by atoms with van der Waals surface area (Å²) >= 11 is 0. The predicted octanol–water partition coefficient (Wildman–Crippen LogP) is 2.28. The number of aliphatic carboxylic acids is 1. The highest BCUT2D eigenvalue weighted by molar-refractivity contribution is 6.05. The number of carbonyl (C=O) groups excluding carboxylic acids is 2. The fourth-order valence-electron chi connectivity index (χ4n) is 3.09. The van der Waals surface area contributed by atoms with Crippen molar-refractivity contribution in [3.63, 3.8) is 0 Å². The molecule has 0 bridgehead atoms. The van der Waals surface area contributed by atoms with E-state index in [0.717, 1.165) is 42.5 Å². The third kappa shape index (κ3) is 7.72. The van der Waals surface area contributed by atoms with Crippen molar-refractivity contribution in [2.24, 2.45) is 0 Å². The van der Waals surface area contributed by atoms with Gasteiger partial charge in [-0.15, -0.1) is 0 Å². The first-order valence-corrected chi connectivity index (χ1v) is 10.7. The van der Waals surface area contributed by atoms with Gasteiger partial charge in [-0.1, -0.05) is 6.08 Å². The first kappa shape index (κ1) is 29.7. The number of carboxylic acids is 5. The van der Waals surface area contributed by atoms with E-state index in [1.54, 1.807) is 0 Å². The number of hydrogen-bond acceptors (Lipinski definition) is 9. The fourth-order valence-corrected chi connectivity index (χ4v) is 3.09. The fraction of sp³-hybridized carbons (Fsp3) is 0.160. The van der Waals surface area contributed by atoms with Gasteiger partial charge >= 0.3 is 41.8 Å². The Morgan fingerprint density at radius 1 is 0.692 bits per heavy atom. The second-order valence-electron chi connectivity index (χ2n) is 7.80. The number of ether oxygens (including phenoxy) is 2. The van der Waals surface area contributed by atoms with Crippen molar-refractivity contribution in [2.75, 3.05) is 6.61 Å². The van der Waals surface area contributed by atoms with Crippen LogP contribution in [0.1, 0.15) is 75.5 Å². The highest BCUT2D eigenvalue weighted by Crippen LogP contribution is 2.17. The monoisotopic (exact) mass is 544 g/mol. The molecule has 0 aliphatic carbocycles. The molecule has 0 saturated carbocycles. The van der Waals surface area contributed by atoms with Gasteiger partial charge in [0.15, 0.2) is 0 Å². The van der Waals surface area contributed by atoms with E-state index in [1.807, 2.05) is 0 Å². The normalized spacial score (nSPS) is 11.7. The van der Waals surface area contributed by atoms with Crippen molar-refractivity contribution in [3.05, 3.63) is 81.4 Å². The summed E-state index contributed by atoms with van der Waals surface area (Å²) in [5.41, 5.74) is -3.37. The van der Waals surface area contributed by atoms with E-state index in [9.17, 15) is 43.8 Å². The van der Waals surface area contributed by atoms with Gasteiger partial charge in [0, 0.05) is 12.0 Å². The molecule has 0 heterocycles. The molecule has 0 aliphatic rings. The van der Waals surface area contributed by atoms with E-state index in [4.69, 9.17) is 24.8 Å². The molecular weight excluding hydrogens is 524 g/mol. The molecule has 0 spiro atoms. The number of aromatic carboxylic acids is 4. The van der Waals surface area contributed by atoms with Crippen LogP contribution in [0.15, 0.2) is 48.0 Å².